The van der Waals surface area contributed by atoms with E-state index in [1.165, 1.54) is 0 Å². The third-order valence-electron chi connectivity index (χ3n) is 3.98. The van der Waals surface area contributed by atoms with Crippen molar-refractivity contribution in [2.45, 2.75) is 0 Å². The van der Waals surface area contributed by atoms with Crippen LogP contribution in [-0.4, -0.2) is 24.9 Å². The standard InChI is InChI=1S/C17H14N4O/c1-20-13-9-5-3-7-11(13)18-16(20)15(22)17-19-12-8-4-6-10-14(12)21(17)2/h3-10H,1-2H3. The molecule has 2 aromatic heterocycles. The minimum absolute atomic E-state index is 0.169. The van der Waals surface area contributed by atoms with Crippen LogP contribution in [0.2, 0.25) is 0 Å². The minimum Gasteiger partial charge on any atom is -0.324 e. The van der Waals surface area contributed by atoms with Crippen molar-refractivity contribution in [3.8, 4) is 0 Å². The van der Waals surface area contributed by atoms with Gasteiger partial charge in [-0.2, -0.15) is 0 Å². The summed E-state index contributed by atoms with van der Waals surface area (Å²) < 4.78 is 3.63. The first kappa shape index (κ1) is 12.8. The molecule has 0 aliphatic rings. The summed E-state index contributed by atoms with van der Waals surface area (Å²) >= 11 is 0. The Kier molecular flexibility index (Phi) is 2.63. The average Bonchev–Trinajstić information content (AvgIpc) is 3.06. The van der Waals surface area contributed by atoms with Crippen molar-refractivity contribution < 1.29 is 4.79 Å². The van der Waals surface area contributed by atoms with E-state index >= 15 is 0 Å². The third-order valence-corrected chi connectivity index (χ3v) is 3.98. The summed E-state index contributed by atoms with van der Waals surface area (Å²) in [4.78, 5) is 21.8. The largest absolute Gasteiger partial charge is 0.324 e. The second-order valence-corrected chi connectivity index (χ2v) is 5.30. The Hall–Kier alpha value is -2.95. The topological polar surface area (TPSA) is 52.7 Å². The Labute approximate surface area is 126 Å². The zero-order chi connectivity index (χ0) is 15.3. The molecule has 2 heterocycles. The molecule has 0 aliphatic heterocycles. The van der Waals surface area contributed by atoms with Gasteiger partial charge in [0.05, 0.1) is 22.1 Å². The molecule has 5 nitrogen and oxygen atoms in total. The van der Waals surface area contributed by atoms with Crippen molar-refractivity contribution in [1.29, 1.82) is 0 Å². The first-order valence-corrected chi connectivity index (χ1v) is 7.04. The number of benzene rings is 2. The summed E-state index contributed by atoms with van der Waals surface area (Å²) in [7, 11) is 3.70. The van der Waals surface area contributed by atoms with Gasteiger partial charge >= 0.3 is 0 Å². The van der Waals surface area contributed by atoms with Gasteiger partial charge in [-0.05, 0) is 24.3 Å². The van der Waals surface area contributed by atoms with Gasteiger partial charge < -0.3 is 9.13 Å². The van der Waals surface area contributed by atoms with E-state index in [2.05, 4.69) is 9.97 Å². The lowest BCUT2D eigenvalue weighted by Gasteiger charge is -2.02. The molecular formula is C17H14N4O. The summed E-state index contributed by atoms with van der Waals surface area (Å²) in [6.45, 7) is 0. The van der Waals surface area contributed by atoms with Gasteiger partial charge in [-0.3, -0.25) is 4.79 Å². The molecule has 2 aromatic carbocycles. The number of hydrogen-bond donors (Lipinski definition) is 0. The third kappa shape index (κ3) is 1.69. The quantitative estimate of drug-likeness (QED) is 0.533. The van der Waals surface area contributed by atoms with Gasteiger partial charge in [0.2, 0.25) is 0 Å². The van der Waals surface area contributed by atoms with Gasteiger partial charge in [0.25, 0.3) is 5.78 Å². The molecule has 108 valence electrons. The predicted molar refractivity (Wildman–Crippen MR) is 84.9 cm³/mol. The summed E-state index contributed by atoms with van der Waals surface area (Å²) in [5.41, 5.74) is 3.49. The van der Waals surface area contributed by atoms with Crippen LogP contribution in [0.3, 0.4) is 0 Å². The Morgan fingerprint density at radius 1 is 0.773 bits per heavy atom. The fraction of sp³-hybridized carbons (Fsp3) is 0.118. The van der Waals surface area contributed by atoms with Crippen molar-refractivity contribution in [2.75, 3.05) is 0 Å². The number of rotatable bonds is 2. The van der Waals surface area contributed by atoms with E-state index in [0.717, 1.165) is 22.1 Å². The molecule has 0 spiro atoms. The predicted octanol–water partition coefficient (Wildman–Crippen LogP) is 2.69. The highest BCUT2D eigenvalue weighted by Gasteiger charge is 2.22. The summed E-state index contributed by atoms with van der Waals surface area (Å²) in [6, 6.07) is 15.4. The molecule has 0 fully saturated rings. The molecule has 4 rings (SSSR count). The summed E-state index contributed by atoms with van der Waals surface area (Å²) in [5, 5.41) is 0. The summed E-state index contributed by atoms with van der Waals surface area (Å²) in [5.74, 6) is 0.636. The van der Waals surface area contributed by atoms with Crippen molar-refractivity contribution in [2.24, 2.45) is 14.1 Å². The number of para-hydroxylation sites is 4. The first-order valence-electron chi connectivity index (χ1n) is 7.04. The number of hydrogen-bond acceptors (Lipinski definition) is 3. The second kappa shape index (κ2) is 4.53. The molecule has 0 radical (unpaired) electrons. The molecular weight excluding hydrogens is 276 g/mol. The number of fused-ring (bicyclic) bond motifs is 2. The molecule has 0 N–H and O–H groups in total. The zero-order valence-electron chi connectivity index (χ0n) is 12.3. The zero-order valence-corrected chi connectivity index (χ0v) is 12.3. The molecule has 0 unspecified atom stereocenters. The molecule has 4 aromatic rings. The van der Waals surface area contributed by atoms with E-state index in [1.807, 2.05) is 71.8 Å². The lowest BCUT2D eigenvalue weighted by molar-refractivity contribution is 0.101. The van der Waals surface area contributed by atoms with E-state index in [-0.39, 0.29) is 5.78 Å². The molecule has 5 heteroatoms. The second-order valence-electron chi connectivity index (χ2n) is 5.30. The maximum Gasteiger partial charge on any atom is 0.263 e. The number of aromatic nitrogens is 4. The fourth-order valence-electron chi connectivity index (χ4n) is 2.80. The van der Waals surface area contributed by atoms with Crippen LogP contribution >= 0.6 is 0 Å². The van der Waals surface area contributed by atoms with Crippen molar-refractivity contribution >= 4 is 27.9 Å². The SMILES string of the molecule is Cn1c(C(=O)c2nc3ccccc3n2C)nc2ccccc21. The molecule has 0 saturated heterocycles. The highest BCUT2D eigenvalue weighted by Crippen LogP contribution is 2.19. The lowest BCUT2D eigenvalue weighted by atomic mass is 10.3. The van der Waals surface area contributed by atoms with E-state index in [0.29, 0.717) is 11.6 Å². The van der Waals surface area contributed by atoms with E-state index < -0.39 is 0 Å². The molecule has 0 amide bonds. The van der Waals surface area contributed by atoms with Crippen LogP contribution in [0.5, 0.6) is 0 Å². The van der Waals surface area contributed by atoms with Gasteiger partial charge in [0, 0.05) is 14.1 Å². The van der Waals surface area contributed by atoms with Gasteiger partial charge in [0.1, 0.15) is 0 Å². The van der Waals surface area contributed by atoms with Gasteiger partial charge in [-0.25, -0.2) is 9.97 Å². The number of ketones is 1. The van der Waals surface area contributed by atoms with Crippen LogP contribution in [-0.2, 0) is 14.1 Å². The highest BCUT2D eigenvalue weighted by atomic mass is 16.1. The van der Waals surface area contributed by atoms with Crippen molar-refractivity contribution in [3.63, 3.8) is 0 Å². The van der Waals surface area contributed by atoms with Crippen LogP contribution in [0.15, 0.2) is 48.5 Å². The number of carbonyl (C=O) groups is 1. The Balaban J connectivity index is 1.92. The molecule has 22 heavy (non-hydrogen) atoms. The number of carbonyl (C=O) groups excluding carboxylic acids is 1. The van der Waals surface area contributed by atoms with E-state index in [4.69, 9.17) is 0 Å². The molecule has 0 aliphatic carbocycles. The number of nitrogens with zero attached hydrogens (tertiary/aromatic N) is 4. The monoisotopic (exact) mass is 290 g/mol. The smallest absolute Gasteiger partial charge is 0.263 e. The van der Waals surface area contributed by atoms with Crippen molar-refractivity contribution in [1.82, 2.24) is 19.1 Å². The van der Waals surface area contributed by atoms with E-state index in [1.54, 1.807) is 0 Å². The maximum absolute atomic E-state index is 12.9. The van der Waals surface area contributed by atoms with Crippen LogP contribution in [0.4, 0.5) is 0 Å². The van der Waals surface area contributed by atoms with Crippen LogP contribution in [0.1, 0.15) is 16.4 Å². The van der Waals surface area contributed by atoms with Crippen LogP contribution in [0.25, 0.3) is 22.1 Å². The van der Waals surface area contributed by atoms with Gasteiger partial charge in [-0.15, -0.1) is 0 Å². The van der Waals surface area contributed by atoms with Crippen molar-refractivity contribution in [3.05, 3.63) is 60.2 Å². The van der Waals surface area contributed by atoms with Gasteiger partial charge in [-0.1, -0.05) is 24.3 Å². The maximum atomic E-state index is 12.9. The first-order chi connectivity index (χ1) is 10.7. The molecule has 0 saturated carbocycles. The number of aryl methyl sites for hydroxylation is 2. The molecule has 0 atom stereocenters. The average molecular weight is 290 g/mol. The Bertz CT molecular complexity index is 944. The highest BCUT2D eigenvalue weighted by molar-refractivity contribution is 6.07. The minimum atomic E-state index is -0.169. The van der Waals surface area contributed by atoms with Crippen LogP contribution < -0.4 is 0 Å². The molecule has 0 bridgehead atoms. The van der Waals surface area contributed by atoms with Gasteiger partial charge in [0.15, 0.2) is 11.6 Å². The lowest BCUT2D eigenvalue weighted by Crippen LogP contribution is -2.13. The fourth-order valence-corrected chi connectivity index (χ4v) is 2.80. The Morgan fingerprint density at radius 3 is 1.59 bits per heavy atom. The van der Waals surface area contributed by atoms with E-state index in [9.17, 15) is 4.79 Å². The summed E-state index contributed by atoms with van der Waals surface area (Å²) in [6.07, 6.45) is 0. The normalized spacial score (nSPS) is 11.4. The van der Waals surface area contributed by atoms with Crippen LogP contribution in [0, 0.1) is 0 Å². The number of imidazole rings is 2. The Morgan fingerprint density at radius 2 is 1.18 bits per heavy atom.